The molecule has 3 N–H and O–H groups in total. The van der Waals surface area contributed by atoms with Crippen molar-refractivity contribution in [3.63, 3.8) is 0 Å². The van der Waals surface area contributed by atoms with Gasteiger partial charge in [0.05, 0.1) is 5.69 Å². The molecular weight excluding hydrogens is 361 g/mol. The number of aromatic nitrogens is 2. The number of benzene rings is 1. The van der Waals surface area contributed by atoms with Gasteiger partial charge in [0, 0.05) is 30.6 Å². The van der Waals surface area contributed by atoms with Crippen LogP contribution in [0.4, 0.5) is 18.9 Å². The van der Waals surface area contributed by atoms with Crippen LogP contribution in [0.25, 0.3) is 11.3 Å². The molecular formula is C18H19F3N4O2. The van der Waals surface area contributed by atoms with Crippen LogP contribution < -0.4 is 10.6 Å². The summed E-state index contributed by atoms with van der Waals surface area (Å²) in [5.41, 5.74) is 0.292. The molecule has 144 valence electrons. The molecule has 1 unspecified atom stereocenters. The third-order valence-electron chi connectivity index (χ3n) is 4.41. The molecule has 1 aromatic carbocycles. The molecule has 1 aliphatic rings. The quantitative estimate of drug-likeness (QED) is 0.760. The van der Waals surface area contributed by atoms with Crippen molar-refractivity contribution >= 4 is 17.5 Å². The fourth-order valence-electron chi connectivity index (χ4n) is 3.04. The maximum absolute atomic E-state index is 12.6. The monoisotopic (exact) mass is 380 g/mol. The molecule has 9 heteroatoms. The van der Waals surface area contributed by atoms with Crippen LogP contribution >= 0.6 is 0 Å². The number of carbonyl (C=O) groups is 2. The SMILES string of the molecule is O=C1CC(CC(=O)Nc2ccc(-c3cc(C(F)(F)F)[nH]n3)cc2)CCCN1. The van der Waals surface area contributed by atoms with Gasteiger partial charge in [0.2, 0.25) is 11.8 Å². The molecule has 6 nitrogen and oxygen atoms in total. The fourth-order valence-corrected chi connectivity index (χ4v) is 3.04. The number of anilines is 1. The number of carbonyl (C=O) groups excluding carboxylic acids is 2. The molecule has 2 aromatic rings. The van der Waals surface area contributed by atoms with Gasteiger partial charge in [-0.1, -0.05) is 12.1 Å². The maximum atomic E-state index is 12.6. The number of hydrogen-bond acceptors (Lipinski definition) is 3. The molecule has 27 heavy (non-hydrogen) atoms. The Morgan fingerprint density at radius 3 is 2.67 bits per heavy atom. The molecule has 0 saturated carbocycles. The largest absolute Gasteiger partial charge is 0.432 e. The minimum atomic E-state index is -4.48. The summed E-state index contributed by atoms with van der Waals surface area (Å²) < 4.78 is 37.9. The van der Waals surface area contributed by atoms with Gasteiger partial charge in [0.15, 0.2) is 0 Å². The highest BCUT2D eigenvalue weighted by Gasteiger charge is 2.33. The van der Waals surface area contributed by atoms with Crippen molar-refractivity contribution in [2.24, 2.45) is 5.92 Å². The lowest BCUT2D eigenvalue weighted by Crippen LogP contribution is -2.23. The Kier molecular flexibility index (Phi) is 5.48. The van der Waals surface area contributed by atoms with Gasteiger partial charge in [-0.25, -0.2) is 0 Å². The minimum Gasteiger partial charge on any atom is -0.356 e. The average molecular weight is 380 g/mol. The van der Waals surface area contributed by atoms with Crippen LogP contribution in [0, 0.1) is 5.92 Å². The second kappa shape index (κ2) is 7.81. The first kappa shape index (κ1) is 18.9. The number of nitrogens with one attached hydrogen (secondary N) is 3. The first-order chi connectivity index (χ1) is 12.8. The summed E-state index contributed by atoms with van der Waals surface area (Å²) in [6.45, 7) is 0.641. The molecule has 1 atom stereocenters. The van der Waals surface area contributed by atoms with Crippen LogP contribution in [0.5, 0.6) is 0 Å². The Labute approximate surface area is 153 Å². The van der Waals surface area contributed by atoms with Gasteiger partial charge in [-0.15, -0.1) is 0 Å². The number of nitrogens with zero attached hydrogens (tertiary/aromatic N) is 1. The fraction of sp³-hybridized carbons (Fsp3) is 0.389. The van der Waals surface area contributed by atoms with E-state index in [1.54, 1.807) is 24.3 Å². The standard InChI is InChI=1S/C18H19F3N4O2/c19-18(20,21)15-10-14(24-25-15)12-3-5-13(6-4-12)23-17(27)9-11-2-1-7-22-16(26)8-11/h3-6,10-11H,1-2,7-9H2,(H,22,26)(H,23,27)(H,24,25). The molecule has 2 heterocycles. The topological polar surface area (TPSA) is 86.9 Å². The smallest absolute Gasteiger partial charge is 0.356 e. The van der Waals surface area contributed by atoms with Crippen molar-refractivity contribution in [3.05, 3.63) is 36.0 Å². The average Bonchev–Trinajstić information content (AvgIpc) is 3.01. The summed E-state index contributed by atoms with van der Waals surface area (Å²) in [6.07, 6.45) is -2.22. The second-order valence-corrected chi connectivity index (χ2v) is 6.56. The van der Waals surface area contributed by atoms with Crippen LogP contribution in [0.2, 0.25) is 0 Å². The van der Waals surface area contributed by atoms with E-state index in [4.69, 9.17) is 0 Å². The minimum absolute atomic E-state index is 0.0108. The first-order valence-corrected chi connectivity index (χ1v) is 8.61. The Hall–Kier alpha value is -2.84. The molecule has 1 fully saturated rings. The Morgan fingerprint density at radius 1 is 1.26 bits per heavy atom. The third kappa shape index (κ3) is 5.08. The summed E-state index contributed by atoms with van der Waals surface area (Å²) in [5, 5.41) is 11.2. The van der Waals surface area contributed by atoms with Crippen molar-refractivity contribution in [1.29, 1.82) is 0 Å². The lowest BCUT2D eigenvalue weighted by molar-refractivity contribution is -0.141. The Balaban J connectivity index is 1.59. The number of hydrogen-bond donors (Lipinski definition) is 3. The van der Waals surface area contributed by atoms with Crippen molar-refractivity contribution in [3.8, 4) is 11.3 Å². The normalized spacial score (nSPS) is 17.9. The maximum Gasteiger partial charge on any atom is 0.432 e. The summed E-state index contributed by atoms with van der Waals surface area (Å²) in [5.74, 6) is -0.218. The zero-order chi connectivity index (χ0) is 19.4. The zero-order valence-electron chi connectivity index (χ0n) is 14.4. The Morgan fingerprint density at radius 2 is 2.00 bits per heavy atom. The summed E-state index contributed by atoms with van der Waals surface area (Å²) in [4.78, 5) is 23.7. The highest BCUT2D eigenvalue weighted by atomic mass is 19.4. The lowest BCUT2D eigenvalue weighted by atomic mass is 9.96. The van der Waals surface area contributed by atoms with Crippen LogP contribution in [-0.4, -0.2) is 28.6 Å². The predicted molar refractivity (Wildman–Crippen MR) is 92.6 cm³/mol. The number of alkyl halides is 3. The highest BCUT2D eigenvalue weighted by molar-refractivity contribution is 5.91. The highest BCUT2D eigenvalue weighted by Crippen LogP contribution is 2.30. The van der Waals surface area contributed by atoms with E-state index in [0.717, 1.165) is 18.9 Å². The molecule has 0 bridgehead atoms. The van der Waals surface area contributed by atoms with Crippen molar-refractivity contribution in [1.82, 2.24) is 15.5 Å². The van der Waals surface area contributed by atoms with Gasteiger partial charge in [-0.2, -0.15) is 18.3 Å². The van der Waals surface area contributed by atoms with Gasteiger partial charge in [-0.3, -0.25) is 14.7 Å². The molecule has 0 aliphatic carbocycles. The van der Waals surface area contributed by atoms with Crippen LogP contribution in [-0.2, 0) is 15.8 Å². The number of amides is 2. The van der Waals surface area contributed by atoms with Crippen LogP contribution in [0.1, 0.15) is 31.4 Å². The molecule has 2 amide bonds. The molecule has 0 spiro atoms. The van der Waals surface area contributed by atoms with Crippen LogP contribution in [0.3, 0.4) is 0 Å². The van der Waals surface area contributed by atoms with Crippen molar-refractivity contribution < 1.29 is 22.8 Å². The van der Waals surface area contributed by atoms with Crippen LogP contribution in [0.15, 0.2) is 30.3 Å². The van der Waals surface area contributed by atoms with Gasteiger partial charge < -0.3 is 10.6 Å². The number of halogens is 3. The van der Waals surface area contributed by atoms with Gasteiger partial charge in [0.25, 0.3) is 0 Å². The molecule has 3 rings (SSSR count). The van der Waals surface area contributed by atoms with E-state index in [0.29, 0.717) is 24.2 Å². The number of aromatic amines is 1. The van der Waals surface area contributed by atoms with Gasteiger partial charge in [-0.05, 0) is 37.0 Å². The molecule has 1 aromatic heterocycles. The summed E-state index contributed by atoms with van der Waals surface area (Å²) in [7, 11) is 0. The lowest BCUT2D eigenvalue weighted by Gasteiger charge is -2.12. The Bertz CT molecular complexity index is 815. The van der Waals surface area contributed by atoms with E-state index in [9.17, 15) is 22.8 Å². The van der Waals surface area contributed by atoms with E-state index >= 15 is 0 Å². The van der Waals surface area contributed by atoms with Gasteiger partial charge in [0.1, 0.15) is 5.69 Å². The van der Waals surface area contributed by atoms with Gasteiger partial charge >= 0.3 is 6.18 Å². The molecule has 1 aliphatic heterocycles. The molecule has 1 saturated heterocycles. The van der Waals surface area contributed by atoms with Crippen molar-refractivity contribution in [2.75, 3.05) is 11.9 Å². The first-order valence-electron chi connectivity index (χ1n) is 8.61. The number of rotatable bonds is 4. The second-order valence-electron chi connectivity index (χ2n) is 6.56. The van der Waals surface area contributed by atoms with Crippen molar-refractivity contribution in [2.45, 2.75) is 31.9 Å². The summed E-state index contributed by atoms with van der Waals surface area (Å²) >= 11 is 0. The number of H-pyrrole nitrogens is 1. The zero-order valence-corrected chi connectivity index (χ0v) is 14.4. The summed E-state index contributed by atoms with van der Waals surface area (Å²) in [6, 6.07) is 7.32. The van der Waals surface area contributed by atoms with E-state index in [1.165, 1.54) is 0 Å². The van der Waals surface area contributed by atoms with E-state index in [2.05, 4.69) is 15.7 Å². The predicted octanol–water partition coefficient (Wildman–Crippen LogP) is 3.34. The molecule has 0 radical (unpaired) electrons. The van der Waals surface area contributed by atoms with E-state index in [1.807, 2.05) is 5.10 Å². The third-order valence-corrected chi connectivity index (χ3v) is 4.41. The van der Waals surface area contributed by atoms with E-state index in [-0.39, 0.29) is 29.8 Å². The van der Waals surface area contributed by atoms with E-state index < -0.39 is 11.9 Å².